The van der Waals surface area contributed by atoms with E-state index < -0.39 is 0 Å². The van der Waals surface area contributed by atoms with E-state index in [2.05, 4.69) is 9.97 Å². The molecule has 3 nitrogen and oxygen atoms in total. The molecule has 0 amide bonds. The quantitative estimate of drug-likeness (QED) is 0.658. The summed E-state index contributed by atoms with van der Waals surface area (Å²) in [6.45, 7) is 1.94. The summed E-state index contributed by atoms with van der Waals surface area (Å²) in [6.07, 6.45) is 0. The fraction of sp³-hybridized carbons (Fsp3) is 0.125. The Morgan fingerprint density at radius 1 is 1.05 bits per heavy atom. The van der Waals surface area contributed by atoms with Crippen LogP contribution in [0.25, 0.3) is 22.3 Å². The van der Waals surface area contributed by atoms with E-state index in [0.717, 1.165) is 10.9 Å². The van der Waals surface area contributed by atoms with Crippen LogP contribution in [-0.4, -0.2) is 17.1 Å². The summed E-state index contributed by atoms with van der Waals surface area (Å²) >= 11 is 6.30. The number of nitrogens with zero attached hydrogens (tertiary/aromatic N) is 2. The van der Waals surface area contributed by atoms with Gasteiger partial charge in [0, 0.05) is 10.9 Å². The highest BCUT2D eigenvalue weighted by atomic mass is 35.5. The summed E-state index contributed by atoms with van der Waals surface area (Å²) in [5.74, 6) is 0.763. The van der Waals surface area contributed by atoms with Crippen LogP contribution in [0.15, 0.2) is 36.4 Å². The van der Waals surface area contributed by atoms with Crippen LogP contribution >= 0.6 is 11.6 Å². The Hall–Kier alpha value is -2.20. The number of hydrogen-bond donors (Lipinski definition) is 0. The molecule has 0 aliphatic rings. The molecule has 3 aromatic rings. The zero-order valence-electron chi connectivity index (χ0n) is 11.5. The highest BCUT2D eigenvalue weighted by Crippen LogP contribution is 2.32. The van der Waals surface area contributed by atoms with Crippen LogP contribution < -0.4 is 4.74 Å². The molecule has 0 aliphatic carbocycles. The maximum Gasteiger partial charge on any atom is 0.161 e. The minimum Gasteiger partial charge on any atom is -0.494 e. The fourth-order valence-corrected chi connectivity index (χ4v) is 2.54. The van der Waals surface area contributed by atoms with Crippen molar-refractivity contribution >= 4 is 22.5 Å². The van der Waals surface area contributed by atoms with Gasteiger partial charge in [-0.15, -0.1) is 0 Å². The molecule has 0 aliphatic heterocycles. The number of halogens is 2. The van der Waals surface area contributed by atoms with Gasteiger partial charge in [0.25, 0.3) is 0 Å². The van der Waals surface area contributed by atoms with Gasteiger partial charge in [-0.2, -0.15) is 0 Å². The first kappa shape index (κ1) is 13.8. The Morgan fingerprint density at radius 2 is 1.76 bits per heavy atom. The molecule has 1 heterocycles. The van der Waals surface area contributed by atoms with E-state index in [1.165, 1.54) is 12.1 Å². The summed E-state index contributed by atoms with van der Waals surface area (Å²) in [5, 5.41) is 1.12. The Bertz CT molecular complexity index is 819. The van der Waals surface area contributed by atoms with Gasteiger partial charge < -0.3 is 4.74 Å². The molecule has 0 N–H and O–H groups in total. The van der Waals surface area contributed by atoms with Gasteiger partial charge in [0.2, 0.25) is 0 Å². The summed E-state index contributed by atoms with van der Waals surface area (Å²) in [4.78, 5) is 8.84. The van der Waals surface area contributed by atoms with E-state index in [-0.39, 0.29) is 5.82 Å². The van der Waals surface area contributed by atoms with E-state index in [0.29, 0.717) is 27.8 Å². The second-order valence-electron chi connectivity index (χ2n) is 4.65. The van der Waals surface area contributed by atoms with Crippen molar-refractivity contribution in [1.29, 1.82) is 0 Å². The summed E-state index contributed by atoms with van der Waals surface area (Å²) in [7, 11) is 1.58. The Morgan fingerprint density at radius 3 is 2.43 bits per heavy atom. The molecule has 0 radical (unpaired) electrons. The van der Waals surface area contributed by atoms with E-state index >= 15 is 0 Å². The molecular weight excluding hydrogens is 291 g/mol. The topological polar surface area (TPSA) is 35.0 Å². The number of fused-ring (bicyclic) bond motifs is 1. The van der Waals surface area contributed by atoms with Crippen molar-refractivity contribution in [2.24, 2.45) is 0 Å². The van der Waals surface area contributed by atoms with Crippen LogP contribution in [0.3, 0.4) is 0 Å². The minimum absolute atomic E-state index is 0.306. The molecular formula is C16H12ClFN2O. The van der Waals surface area contributed by atoms with Crippen LogP contribution in [-0.2, 0) is 0 Å². The molecule has 0 fully saturated rings. The highest BCUT2D eigenvalue weighted by Gasteiger charge is 2.13. The smallest absolute Gasteiger partial charge is 0.161 e. The van der Waals surface area contributed by atoms with Crippen molar-refractivity contribution in [3.05, 3.63) is 52.9 Å². The molecule has 106 valence electrons. The molecule has 1 aromatic heterocycles. The molecule has 21 heavy (non-hydrogen) atoms. The van der Waals surface area contributed by atoms with E-state index in [4.69, 9.17) is 16.3 Å². The van der Waals surface area contributed by atoms with Gasteiger partial charge >= 0.3 is 0 Å². The third-order valence-corrected chi connectivity index (χ3v) is 3.57. The number of aryl methyl sites for hydroxylation is 1. The molecule has 0 saturated carbocycles. The van der Waals surface area contributed by atoms with Gasteiger partial charge in [-0.1, -0.05) is 17.7 Å². The summed E-state index contributed by atoms with van der Waals surface area (Å²) in [5.41, 5.74) is 2.32. The first-order valence-corrected chi connectivity index (χ1v) is 6.74. The first-order valence-electron chi connectivity index (χ1n) is 6.37. The van der Waals surface area contributed by atoms with Gasteiger partial charge in [0.1, 0.15) is 22.2 Å². The molecule has 2 aromatic carbocycles. The Balaban J connectivity index is 2.29. The standard InChI is InChI=1S/C16H12ClFN2O/c1-9-3-8-12(21-2)14-13(9)15(17)20-16(19-14)10-4-6-11(18)7-5-10/h3-8H,1-2H3. The molecule has 0 spiro atoms. The number of hydrogen-bond acceptors (Lipinski definition) is 3. The average molecular weight is 303 g/mol. The Kier molecular flexibility index (Phi) is 3.47. The number of methoxy groups -OCH3 is 1. The third kappa shape index (κ3) is 2.43. The predicted molar refractivity (Wildman–Crippen MR) is 81.2 cm³/mol. The minimum atomic E-state index is -0.306. The Labute approximate surface area is 126 Å². The van der Waals surface area contributed by atoms with Crippen LogP contribution in [0.4, 0.5) is 4.39 Å². The van der Waals surface area contributed by atoms with Gasteiger partial charge in [0.15, 0.2) is 5.82 Å². The van der Waals surface area contributed by atoms with Crippen molar-refractivity contribution < 1.29 is 9.13 Å². The van der Waals surface area contributed by atoms with Crippen LogP contribution in [0.1, 0.15) is 5.56 Å². The van der Waals surface area contributed by atoms with Crippen molar-refractivity contribution in [2.45, 2.75) is 6.92 Å². The summed E-state index contributed by atoms with van der Waals surface area (Å²) < 4.78 is 18.4. The lowest BCUT2D eigenvalue weighted by Crippen LogP contribution is -1.96. The van der Waals surface area contributed by atoms with Gasteiger partial charge in [-0.3, -0.25) is 0 Å². The molecule has 0 atom stereocenters. The number of rotatable bonds is 2. The van der Waals surface area contributed by atoms with Crippen molar-refractivity contribution in [2.75, 3.05) is 7.11 Å². The van der Waals surface area contributed by atoms with E-state index in [1.807, 2.05) is 19.1 Å². The molecule has 0 unspecified atom stereocenters. The largest absolute Gasteiger partial charge is 0.494 e. The molecule has 0 bridgehead atoms. The van der Waals surface area contributed by atoms with Gasteiger partial charge in [-0.25, -0.2) is 14.4 Å². The van der Waals surface area contributed by atoms with E-state index in [9.17, 15) is 4.39 Å². The van der Waals surface area contributed by atoms with Gasteiger partial charge in [0.05, 0.1) is 7.11 Å². The van der Waals surface area contributed by atoms with E-state index in [1.54, 1.807) is 19.2 Å². The number of ether oxygens (including phenoxy) is 1. The maximum absolute atomic E-state index is 13.0. The monoisotopic (exact) mass is 302 g/mol. The van der Waals surface area contributed by atoms with Crippen molar-refractivity contribution in [3.8, 4) is 17.1 Å². The molecule has 5 heteroatoms. The number of benzene rings is 2. The lowest BCUT2D eigenvalue weighted by Gasteiger charge is -2.10. The highest BCUT2D eigenvalue weighted by molar-refractivity contribution is 6.34. The lowest BCUT2D eigenvalue weighted by atomic mass is 10.1. The third-order valence-electron chi connectivity index (χ3n) is 3.30. The molecule has 3 rings (SSSR count). The van der Waals surface area contributed by atoms with Gasteiger partial charge in [-0.05, 0) is 42.8 Å². The SMILES string of the molecule is COc1ccc(C)c2c(Cl)nc(-c3ccc(F)cc3)nc12. The van der Waals surface area contributed by atoms with Crippen LogP contribution in [0.2, 0.25) is 5.15 Å². The lowest BCUT2D eigenvalue weighted by molar-refractivity contribution is 0.419. The zero-order chi connectivity index (χ0) is 15.0. The summed E-state index contributed by atoms with van der Waals surface area (Å²) in [6, 6.07) is 9.72. The molecule has 0 saturated heterocycles. The van der Waals surface area contributed by atoms with Crippen LogP contribution in [0.5, 0.6) is 5.75 Å². The normalized spacial score (nSPS) is 10.9. The second kappa shape index (κ2) is 5.30. The second-order valence-corrected chi connectivity index (χ2v) is 5.01. The first-order chi connectivity index (χ1) is 10.1. The average Bonchev–Trinajstić information content (AvgIpc) is 2.48. The number of aromatic nitrogens is 2. The van der Waals surface area contributed by atoms with Crippen molar-refractivity contribution in [1.82, 2.24) is 9.97 Å². The van der Waals surface area contributed by atoms with Crippen LogP contribution in [0, 0.1) is 12.7 Å². The predicted octanol–water partition coefficient (Wildman–Crippen LogP) is 4.41. The maximum atomic E-state index is 13.0. The fourth-order valence-electron chi connectivity index (χ4n) is 2.22. The van der Waals surface area contributed by atoms with Crippen molar-refractivity contribution in [3.63, 3.8) is 0 Å². The zero-order valence-corrected chi connectivity index (χ0v) is 12.3.